The highest BCUT2D eigenvalue weighted by Crippen LogP contribution is 2.32. The highest BCUT2D eigenvalue weighted by Gasteiger charge is 2.19. The molecule has 0 unspecified atom stereocenters. The second-order valence-corrected chi connectivity index (χ2v) is 3.50. The summed E-state index contributed by atoms with van der Waals surface area (Å²) in [4.78, 5) is 12.5. The van der Waals surface area contributed by atoms with E-state index in [4.69, 9.17) is 4.74 Å². The summed E-state index contributed by atoms with van der Waals surface area (Å²) in [6.07, 6.45) is 1.81. The number of nitrogens with zero attached hydrogens (tertiary/aromatic N) is 1. The van der Waals surface area contributed by atoms with Crippen LogP contribution in [0.15, 0.2) is 12.1 Å². The molecule has 1 aliphatic rings. The molecule has 1 aromatic rings. The van der Waals surface area contributed by atoms with E-state index in [1.807, 2.05) is 19.1 Å². The van der Waals surface area contributed by atoms with Crippen molar-refractivity contribution in [3.8, 4) is 5.75 Å². The van der Waals surface area contributed by atoms with Crippen LogP contribution in [0.2, 0.25) is 0 Å². The van der Waals surface area contributed by atoms with Crippen molar-refractivity contribution in [3.63, 3.8) is 0 Å². The highest BCUT2D eigenvalue weighted by molar-refractivity contribution is 5.80. The number of ether oxygens (including phenoxy) is 1. The Hall–Kier alpha value is -1.51. The van der Waals surface area contributed by atoms with Crippen molar-refractivity contribution >= 4 is 12.1 Å². The minimum atomic E-state index is 0.783. The fourth-order valence-electron chi connectivity index (χ4n) is 1.87. The molecule has 1 amide bonds. The van der Waals surface area contributed by atoms with Gasteiger partial charge in [-0.3, -0.25) is 4.79 Å². The molecule has 3 heteroatoms. The molecule has 0 saturated carbocycles. The van der Waals surface area contributed by atoms with E-state index >= 15 is 0 Å². The average molecular weight is 191 g/mol. The summed E-state index contributed by atoms with van der Waals surface area (Å²) in [5.74, 6) is 0.900. The predicted molar refractivity (Wildman–Crippen MR) is 54.8 cm³/mol. The maximum Gasteiger partial charge on any atom is 0.214 e. The van der Waals surface area contributed by atoms with Crippen molar-refractivity contribution in [2.75, 3.05) is 18.6 Å². The van der Waals surface area contributed by atoms with Gasteiger partial charge in [0.1, 0.15) is 5.75 Å². The SMILES string of the molecule is COc1cc2c(cc1C)N(C=O)CC2. The van der Waals surface area contributed by atoms with E-state index in [1.54, 1.807) is 12.0 Å². The Labute approximate surface area is 83.3 Å². The quantitative estimate of drug-likeness (QED) is 0.663. The van der Waals surface area contributed by atoms with Crippen LogP contribution in [-0.4, -0.2) is 20.1 Å². The Morgan fingerprint density at radius 2 is 2.29 bits per heavy atom. The molecule has 0 aliphatic carbocycles. The Kier molecular flexibility index (Phi) is 2.15. The molecule has 2 rings (SSSR count). The Bertz CT molecular complexity index is 374. The van der Waals surface area contributed by atoms with Gasteiger partial charge in [0.15, 0.2) is 0 Å². The van der Waals surface area contributed by atoms with Gasteiger partial charge in [-0.05, 0) is 36.6 Å². The highest BCUT2D eigenvalue weighted by atomic mass is 16.5. The molecule has 0 bridgehead atoms. The van der Waals surface area contributed by atoms with Gasteiger partial charge in [-0.25, -0.2) is 0 Å². The number of amides is 1. The molecule has 74 valence electrons. The number of rotatable bonds is 2. The zero-order valence-electron chi connectivity index (χ0n) is 8.41. The topological polar surface area (TPSA) is 29.5 Å². The first-order chi connectivity index (χ1) is 6.76. The van der Waals surface area contributed by atoms with Gasteiger partial charge in [0.25, 0.3) is 0 Å². The molecule has 14 heavy (non-hydrogen) atoms. The van der Waals surface area contributed by atoms with Crippen LogP contribution in [-0.2, 0) is 11.2 Å². The van der Waals surface area contributed by atoms with Crippen LogP contribution in [0.25, 0.3) is 0 Å². The Balaban J connectivity index is 2.49. The molecule has 0 N–H and O–H groups in total. The van der Waals surface area contributed by atoms with Crippen LogP contribution in [0.4, 0.5) is 5.69 Å². The van der Waals surface area contributed by atoms with Crippen LogP contribution in [0, 0.1) is 6.92 Å². The number of aryl methyl sites for hydroxylation is 1. The van der Waals surface area contributed by atoms with Gasteiger partial charge >= 0.3 is 0 Å². The van der Waals surface area contributed by atoms with Gasteiger partial charge in [0.05, 0.1) is 7.11 Å². The maximum absolute atomic E-state index is 10.7. The third kappa shape index (κ3) is 1.25. The Morgan fingerprint density at radius 1 is 1.50 bits per heavy atom. The van der Waals surface area contributed by atoms with Gasteiger partial charge in [0.2, 0.25) is 6.41 Å². The van der Waals surface area contributed by atoms with Gasteiger partial charge in [0, 0.05) is 12.2 Å². The number of anilines is 1. The summed E-state index contributed by atoms with van der Waals surface area (Å²) in [5.41, 5.74) is 3.29. The number of carbonyl (C=O) groups excluding carboxylic acids is 1. The summed E-state index contributed by atoms with van der Waals surface area (Å²) >= 11 is 0. The zero-order chi connectivity index (χ0) is 10.1. The van der Waals surface area contributed by atoms with Crippen LogP contribution < -0.4 is 9.64 Å². The summed E-state index contributed by atoms with van der Waals surface area (Å²) in [7, 11) is 1.67. The van der Waals surface area contributed by atoms with Crippen molar-refractivity contribution in [1.82, 2.24) is 0 Å². The molecule has 0 radical (unpaired) electrons. The molecule has 0 saturated heterocycles. The lowest BCUT2D eigenvalue weighted by atomic mass is 10.1. The monoisotopic (exact) mass is 191 g/mol. The second-order valence-electron chi connectivity index (χ2n) is 3.50. The predicted octanol–water partition coefficient (Wildman–Crippen LogP) is 1.52. The summed E-state index contributed by atoms with van der Waals surface area (Å²) in [5, 5.41) is 0. The number of fused-ring (bicyclic) bond motifs is 1. The van der Waals surface area contributed by atoms with Crippen molar-refractivity contribution in [2.45, 2.75) is 13.3 Å². The molecule has 0 atom stereocenters. The molecular formula is C11H13NO2. The van der Waals surface area contributed by atoms with Crippen LogP contribution >= 0.6 is 0 Å². The first-order valence-corrected chi connectivity index (χ1v) is 4.65. The van der Waals surface area contributed by atoms with Gasteiger partial charge < -0.3 is 9.64 Å². The summed E-state index contributed by atoms with van der Waals surface area (Å²) in [6.45, 7) is 2.77. The normalized spacial score (nSPS) is 14.0. The number of benzene rings is 1. The van der Waals surface area contributed by atoms with Crippen LogP contribution in [0.5, 0.6) is 5.75 Å². The fraction of sp³-hybridized carbons (Fsp3) is 0.364. The zero-order valence-corrected chi connectivity index (χ0v) is 8.41. The second kappa shape index (κ2) is 3.33. The smallest absolute Gasteiger partial charge is 0.214 e. The molecule has 3 nitrogen and oxygen atoms in total. The lowest BCUT2D eigenvalue weighted by Gasteiger charge is -2.12. The minimum Gasteiger partial charge on any atom is -0.496 e. The third-order valence-corrected chi connectivity index (χ3v) is 2.65. The number of carbonyl (C=O) groups is 1. The van der Waals surface area contributed by atoms with Crippen LogP contribution in [0.1, 0.15) is 11.1 Å². The van der Waals surface area contributed by atoms with Crippen molar-refractivity contribution in [1.29, 1.82) is 0 Å². The molecule has 1 aromatic carbocycles. The fourth-order valence-corrected chi connectivity index (χ4v) is 1.87. The minimum absolute atomic E-state index is 0.783. The van der Waals surface area contributed by atoms with E-state index in [2.05, 4.69) is 0 Å². The number of hydrogen-bond donors (Lipinski definition) is 0. The summed E-state index contributed by atoms with van der Waals surface area (Å²) < 4.78 is 5.23. The molecule has 1 aliphatic heterocycles. The lowest BCUT2D eigenvalue weighted by Crippen LogP contribution is -2.17. The molecule has 0 aromatic heterocycles. The molecule has 0 fully saturated rings. The van der Waals surface area contributed by atoms with E-state index in [0.717, 1.165) is 36.4 Å². The van der Waals surface area contributed by atoms with E-state index in [9.17, 15) is 4.79 Å². The lowest BCUT2D eigenvalue weighted by molar-refractivity contribution is -0.107. The molecule has 1 heterocycles. The number of methoxy groups -OCH3 is 1. The molecular weight excluding hydrogens is 178 g/mol. The first-order valence-electron chi connectivity index (χ1n) is 4.65. The van der Waals surface area contributed by atoms with Gasteiger partial charge in [-0.15, -0.1) is 0 Å². The van der Waals surface area contributed by atoms with E-state index in [0.29, 0.717) is 0 Å². The van der Waals surface area contributed by atoms with E-state index in [1.165, 1.54) is 5.56 Å². The standard InChI is InChI=1S/C11H13NO2/c1-8-5-10-9(6-11(8)14-2)3-4-12(10)7-13/h5-7H,3-4H2,1-2H3. The van der Waals surface area contributed by atoms with Crippen molar-refractivity contribution < 1.29 is 9.53 Å². The van der Waals surface area contributed by atoms with Crippen LogP contribution in [0.3, 0.4) is 0 Å². The Morgan fingerprint density at radius 3 is 2.93 bits per heavy atom. The number of hydrogen-bond acceptors (Lipinski definition) is 2. The van der Waals surface area contributed by atoms with Gasteiger partial charge in [-0.2, -0.15) is 0 Å². The third-order valence-electron chi connectivity index (χ3n) is 2.65. The largest absolute Gasteiger partial charge is 0.496 e. The average Bonchev–Trinajstić information content (AvgIpc) is 2.58. The van der Waals surface area contributed by atoms with Crippen molar-refractivity contribution in [3.05, 3.63) is 23.3 Å². The van der Waals surface area contributed by atoms with E-state index < -0.39 is 0 Å². The van der Waals surface area contributed by atoms with Crippen molar-refractivity contribution in [2.24, 2.45) is 0 Å². The van der Waals surface area contributed by atoms with Gasteiger partial charge in [-0.1, -0.05) is 0 Å². The van der Waals surface area contributed by atoms with E-state index in [-0.39, 0.29) is 0 Å². The molecule has 0 spiro atoms. The summed E-state index contributed by atoms with van der Waals surface area (Å²) in [6, 6.07) is 4.03. The first kappa shape index (κ1) is 9.06. The maximum atomic E-state index is 10.7.